The highest BCUT2D eigenvalue weighted by Gasteiger charge is 2.05. The number of rotatable bonds is 4. The van der Waals surface area contributed by atoms with Crippen LogP contribution in [0.4, 0.5) is 0 Å². The maximum absolute atomic E-state index is 11.4. The lowest BCUT2D eigenvalue weighted by Gasteiger charge is -2.05. The van der Waals surface area contributed by atoms with Gasteiger partial charge in [-0.25, -0.2) is 0 Å². The third-order valence-corrected chi connectivity index (χ3v) is 1.64. The molecular formula is C11H14O2. The predicted molar refractivity (Wildman–Crippen MR) is 51.9 cm³/mol. The van der Waals surface area contributed by atoms with Crippen LogP contribution in [-0.2, 0) is 4.74 Å². The average Bonchev–Trinajstić information content (AvgIpc) is 2.15. The van der Waals surface area contributed by atoms with E-state index in [1.165, 1.54) is 0 Å². The molecule has 0 aliphatic heterocycles. The molecule has 0 saturated heterocycles. The molecule has 13 heavy (non-hydrogen) atoms. The van der Waals surface area contributed by atoms with Gasteiger partial charge < -0.3 is 4.74 Å². The van der Waals surface area contributed by atoms with Gasteiger partial charge in [-0.2, -0.15) is 0 Å². The van der Waals surface area contributed by atoms with Crippen LogP contribution in [0.2, 0.25) is 0 Å². The molecule has 2 nitrogen and oxygen atoms in total. The Morgan fingerprint density at radius 3 is 2.46 bits per heavy atom. The SMILES string of the molecule is CC(C)OCC(=O)c1ccccc1. The molecule has 0 aliphatic rings. The van der Waals surface area contributed by atoms with E-state index in [2.05, 4.69) is 0 Å². The fourth-order valence-electron chi connectivity index (χ4n) is 0.950. The first-order chi connectivity index (χ1) is 6.20. The van der Waals surface area contributed by atoms with Crippen LogP contribution in [0.3, 0.4) is 0 Å². The lowest BCUT2D eigenvalue weighted by atomic mass is 10.1. The molecule has 0 unspecified atom stereocenters. The Morgan fingerprint density at radius 2 is 1.92 bits per heavy atom. The highest BCUT2D eigenvalue weighted by molar-refractivity contribution is 5.96. The molecule has 0 N–H and O–H groups in total. The topological polar surface area (TPSA) is 26.3 Å². The molecule has 0 aromatic heterocycles. The van der Waals surface area contributed by atoms with Crippen LogP contribution in [0.1, 0.15) is 24.2 Å². The van der Waals surface area contributed by atoms with Crippen molar-refractivity contribution < 1.29 is 9.53 Å². The van der Waals surface area contributed by atoms with Gasteiger partial charge in [0.2, 0.25) is 0 Å². The maximum atomic E-state index is 11.4. The normalized spacial score (nSPS) is 10.4. The molecule has 0 fully saturated rings. The van der Waals surface area contributed by atoms with E-state index >= 15 is 0 Å². The summed E-state index contributed by atoms with van der Waals surface area (Å²) in [5.41, 5.74) is 0.711. The van der Waals surface area contributed by atoms with Crippen molar-refractivity contribution in [2.45, 2.75) is 20.0 Å². The maximum Gasteiger partial charge on any atom is 0.188 e. The molecule has 1 rings (SSSR count). The minimum atomic E-state index is 0.0364. The summed E-state index contributed by atoms with van der Waals surface area (Å²) in [6.07, 6.45) is 0.104. The van der Waals surface area contributed by atoms with E-state index in [1.807, 2.05) is 32.0 Å². The largest absolute Gasteiger partial charge is 0.371 e. The molecular weight excluding hydrogens is 164 g/mol. The van der Waals surface area contributed by atoms with Gasteiger partial charge in [-0.15, -0.1) is 0 Å². The third kappa shape index (κ3) is 3.38. The molecule has 0 spiro atoms. The van der Waals surface area contributed by atoms with E-state index in [9.17, 15) is 4.79 Å². The first-order valence-corrected chi connectivity index (χ1v) is 4.40. The fourth-order valence-corrected chi connectivity index (χ4v) is 0.950. The van der Waals surface area contributed by atoms with Crippen LogP contribution in [0.5, 0.6) is 0 Å². The third-order valence-electron chi connectivity index (χ3n) is 1.64. The summed E-state index contributed by atoms with van der Waals surface area (Å²) in [6.45, 7) is 4.00. The Hall–Kier alpha value is -1.15. The summed E-state index contributed by atoms with van der Waals surface area (Å²) in [6, 6.07) is 9.18. The Balaban J connectivity index is 2.50. The van der Waals surface area contributed by atoms with Gasteiger partial charge in [-0.3, -0.25) is 4.79 Å². The predicted octanol–water partition coefficient (Wildman–Crippen LogP) is 2.29. The first-order valence-electron chi connectivity index (χ1n) is 4.40. The first kappa shape index (κ1) is 9.93. The molecule has 0 atom stereocenters. The van der Waals surface area contributed by atoms with Gasteiger partial charge in [0.05, 0.1) is 6.10 Å². The van der Waals surface area contributed by atoms with Crippen LogP contribution in [0.15, 0.2) is 30.3 Å². The van der Waals surface area contributed by atoms with Crippen molar-refractivity contribution in [2.24, 2.45) is 0 Å². The van der Waals surface area contributed by atoms with Gasteiger partial charge in [-0.05, 0) is 13.8 Å². The zero-order valence-electron chi connectivity index (χ0n) is 7.99. The molecule has 0 radical (unpaired) electrons. The Kier molecular flexibility index (Phi) is 3.65. The van der Waals surface area contributed by atoms with Crippen molar-refractivity contribution in [3.05, 3.63) is 35.9 Å². The fraction of sp³-hybridized carbons (Fsp3) is 0.364. The smallest absolute Gasteiger partial charge is 0.188 e. The lowest BCUT2D eigenvalue weighted by Crippen LogP contribution is -2.13. The van der Waals surface area contributed by atoms with Crippen molar-refractivity contribution in [3.8, 4) is 0 Å². The number of hydrogen-bond donors (Lipinski definition) is 0. The van der Waals surface area contributed by atoms with Crippen molar-refractivity contribution in [1.82, 2.24) is 0 Å². The summed E-state index contributed by atoms with van der Waals surface area (Å²) in [4.78, 5) is 11.4. The molecule has 0 bridgehead atoms. The highest BCUT2D eigenvalue weighted by Crippen LogP contribution is 2.01. The summed E-state index contributed by atoms with van der Waals surface area (Å²) in [5, 5.41) is 0. The van der Waals surface area contributed by atoms with Crippen LogP contribution in [-0.4, -0.2) is 18.5 Å². The van der Waals surface area contributed by atoms with Crippen molar-refractivity contribution in [1.29, 1.82) is 0 Å². The van der Waals surface area contributed by atoms with Crippen molar-refractivity contribution in [2.75, 3.05) is 6.61 Å². The summed E-state index contributed by atoms with van der Waals surface area (Å²) < 4.78 is 5.21. The summed E-state index contributed by atoms with van der Waals surface area (Å²) >= 11 is 0. The molecule has 0 saturated carbocycles. The van der Waals surface area contributed by atoms with Gasteiger partial charge in [0, 0.05) is 5.56 Å². The van der Waals surface area contributed by atoms with Crippen molar-refractivity contribution >= 4 is 5.78 Å². The monoisotopic (exact) mass is 178 g/mol. The van der Waals surface area contributed by atoms with Gasteiger partial charge in [0.15, 0.2) is 5.78 Å². The summed E-state index contributed by atoms with van der Waals surface area (Å²) in [5.74, 6) is 0.0364. The number of carbonyl (C=O) groups excluding carboxylic acids is 1. The van der Waals surface area contributed by atoms with E-state index in [0.29, 0.717) is 5.56 Å². The zero-order chi connectivity index (χ0) is 9.68. The molecule has 0 heterocycles. The van der Waals surface area contributed by atoms with E-state index in [1.54, 1.807) is 12.1 Å². The molecule has 1 aromatic carbocycles. The minimum absolute atomic E-state index is 0.0364. The number of carbonyl (C=O) groups is 1. The van der Waals surface area contributed by atoms with E-state index in [4.69, 9.17) is 4.74 Å². The standard InChI is InChI=1S/C11H14O2/c1-9(2)13-8-11(12)10-6-4-3-5-7-10/h3-7,9H,8H2,1-2H3. The molecule has 70 valence electrons. The van der Waals surface area contributed by atoms with Gasteiger partial charge in [0.25, 0.3) is 0 Å². The second kappa shape index (κ2) is 4.77. The van der Waals surface area contributed by atoms with Gasteiger partial charge in [-0.1, -0.05) is 30.3 Å². The van der Waals surface area contributed by atoms with Crippen LogP contribution >= 0.6 is 0 Å². The minimum Gasteiger partial charge on any atom is -0.371 e. The molecule has 2 heteroatoms. The Labute approximate surface area is 78.5 Å². The van der Waals surface area contributed by atoms with Crippen LogP contribution in [0.25, 0.3) is 0 Å². The van der Waals surface area contributed by atoms with E-state index in [0.717, 1.165) is 0 Å². The molecule has 1 aromatic rings. The number of hydrogen-bond acceptors (Lipinski definition) is 2. The van der Waals surface area contributed by atoms with E-state index in [-0.39, 0.29) is 18.5 Å². The van der Waals surface area contributed by atoms with Gasteiger partial charge in [0.1, 0.15) is 6.61 Å². The van der Waals surface area contributed by atoms with Crippen LogP contribution in [0, 0.1) is 0 Å². The highest BCUT2D eigenvalue weighted by atomic mass is 16.5. The number of ketones is 1. The summed E-state index contributed by atoms with van der Waals surface area (Å²) in [7, 11) is 0. The molecule has 0 amide bonds. The second-order valence-electron chi connectivity index (χ2n) is 3.15. The quantitative estimate of drug-likeness (QED) is 0.661. The molecule has 0 aliphatic carbocycles. The number of Topliss-reactive ketones (excluding diaryl/α,β-unsaturated/α-hetero) is 1. The second-order valence-corrected chi connectivity index (χ2v) is 3.15. The Morgan fingerprint density at radius 1 is 1.31 bits per heavy atom. The zero-order valence-corrected chi connectivity index (χ0v) is 7.99. The Bertz CT molecular complexity index is 265. The van der Waals surface area contributed by atoms with Crippen molar-refractivity contribution in [3.63, 3.8) is 0 Å². The average molecular weight is 178 g/mol. The van der Waals surface area contributed by atoms with Gasteiger partial charge >= 0.3 is 0 Å². The lowest BCUT2D eigenvalue weighted by molar-refractivity contribution is 0.0585. The number of benzene rings is 1. The number of ether oxygens (including phenoxy) is 1. The van der Waals surface area contributed by atoms with E-state index < -0.39 is 0 Å². The van der Waals surface area contributed by atoms with Crippen LogP contribution < -0.4 is 0 Å².